The van der Waals surface area contributed by atoms with E-state index in [0.29, 0.717) is 22.9 Å². The summed E-state index contributed by atoms with van der Waals surface area (Å²) in [6.07, 6.45) is 2.02. The number of benzene rings is 2. The highest BCUT2D eigenvalue weighted by atomic mass is 16.2. The molecular formula is C23H26N6O2. The molecule has 2 heterocycles. The van der Waals surface area contributed by atoms with Gasteiger partial charge in [0.25, 0.3) is 5.91 Å². The number of amides is 3. The number of hydrogen-bond donors (Lipinski definition) is 3. The highest BCUT2D eigenvalue weighted by Crippen LogP contribution is 2.25. The van der Waals surface area contributed by atoms with Crippen molar-refractivity contribution in [1.82, 2.24) is 25.4 Å². The van der Waals surface area contributed by atoms with E-state index in [1.54, 1.807) is 6.07 Å². The molecule has 8 nitrogen and oxygen atoms in total. The van der Waals surface area contributed by atoms with Crippen molar-refractivity contribution in [3.63, 3.8) is 0 Å². The van der Waals surface area contributed by atoms with Crippen LogP contribution in [-0.2, 0) is 0 Å². The van der Waals surface area contributed by atoms with Gasteiger partial charge in [0.05, 0.1) is 11.3 Å². The van der Waals surface area contributed by atoms with Crippen LogP contribution in [0.2, 0.25) is 0 Å². The number of nitrogens with one attached hydrogen (secondary N) is 3. The van der Waals surface area contributed by atoms with Crippen LogP contribution in [0.3, 0.4) is 0 Å². The molecule has 0 aliphatic carbocycles. The van der Waals surface area contributed by atoms with Crippen LogP contribution in [0.25, 0.3) is 0 Å². The summed E-state index contributed by atoms with van der Waals surface area (Å²) in [7, 11) is 0. The molecule has 1 saturated heterocycles. The molecule has 1 aromatic heterocycles. The van der Waals surface area contributed by atoms with Crippen molar-refractivity contribution in [2.24, 2.45) is 0 Å². The summed E-state index contributed by atoms with van der Waals surface area (Å²) in [5, 5.41) is 12.9. The van der Waals surface area contributed by atoms with Gasteiger partial charge in [-0.2, -0.15) is 5.10 Å². The summed E-state index contributed by atoms with van der Waals surface area (Å²) < 4.78 is 0. The highest BCUT2D eigenvalue weighted by Gasteiger charge is 2.25. The van der Waals surface area contributed by atoms with Gasteiger partial charge in [0.2, 0.25) is 0 Å². The quantitative estimate of drug-likeness (QED) is 0.589. The Kier molecular flexibility index (Phi) is 5.97. The van der Waals surface area contributed by atoms with Gasteiger partial charge in [0, 0.05) is 13.1 Å². The molecule has 3 amide bonds. The number of likely N-dealkylation sites (tertiary alicyclic amines) is 1. The molecule has 8 heteroatoms. The maximum absolute atomic E-state index is 13.0. The highest BCUT2D eigenvalue weighted by molar-refractivity contribution is 6.04. The van der Waals surface area contributed by atoms with Gasteiger partial charge in [-0.15, -0.1) is 0 Å². The number of H-pyrrole nitrogens is 1. The lowest BCUT2D eigenvalue weighted by molar-refractivity contribution is 0.0793. The molecule has 0 bridgehead atoms. The number of carbonyl (C=O) groups is 2. The molecule has 1 fully saturated rings. The molecule has 1 atom stereocenters. The van der Waals surface area contributed by atoms with Crippen molar-refractivity contribution in [1.29, 1.82) is 0 Å². The molecule has 1 unspecified atom stereocenters. The number of urea groups is 1. The number of hydrogen-bond acceptors (Lipinski definition) is 4. The Balaban J connectivity index is 1.58. The van der Waals surface area contributed by atoms with Crippen LogP contribution < -0.4 is 10.6 Å². The van der Waals surface area contributed by atoms with Crippen LogP contribution in [0.5, 0.6) is 0 Å². The van der Waals surface area contributed by atoms with Crippen LogP contribution in [0.4, 0.5) is 10.5 Å². The van der Waals surface area contributed by atoms with E-state index in [1.807, 2.05) is 61.2 Å². The number of aromatic nitrogens is 3. The summed E-state index contributed by atoms with van der Waals surface area (Å²) in [4.78, 5) is 32.2. The predicted molar refractivity (Wildman–Crippen MR) is 118 cm³/mol. The fraction of sp³-hybridized carbons (Fsp3) is 0.304. The third-order valence-electron chi connectivity index (χ3n) is 5.42. The lowest BCUT2D eigenvalue weighted by Gasteiger charge is -2.21. The first-order chi connectivity index (χ1) is 15.0. The lowest BCUT2D eigenvalue weighted by Crippen LogP contribution is -2.35. The second kappa shape index (κ2) is 8.99. The van der Waals surface area contributed by atoms with Gasteiger partial charge in [-0.1, -0.05) is 42.5 Å². The van der Waals surface area contributed by atoms with Crippen molar-refractivity contribution < 1.29 is 9.59 Å². The van der Waals surface area contributed by atoms with Gasteiger partial charge in [0.1, 0.15) is 11.9 Å². The number of nitrogens with zero attached hydrogens (tertiary/aromatic N) is 3. The minimum atomic E-state index is -0.534. The number of aromatic amines is 1. The van der Waals surface area contributed by atoms with E-state index in [-0.39, 0.29) is 5.91 Å². The third-order valence-corrected chi connectivity index (χ3v) is 5.42. The Morgan fingerprint density at radius 3 is 2.45 bits per heavy atom. The van der Waals surface area contributed by atoms with E-state index in [9.17, 15) is 9.59 Å². The summed E-state index contributed by atoms with van der Waals surface area (Å²) >= 11 is 0. The first kappa shape index (κ1) is 20.6. The van der Waals surface area contributed by atoms with E-state index in [0.717, 1.165) is 37.1 Å². The number of para-hydroxylation sites is 1. The Hall–Kier alpha value is -3.68. The zero-order valence-electron chi connectivity index (χ0n) is 17.7. The number of aryl methyl sites for hydroxylation is 2. The van der Waals surface area contributed by atoms with Gasteiger partial charge >= 0.3 is 6.03 Å². The van der Waals surface area contributed by atoms with Gasteiger partial charge in [-0.3, -0.25) is 9.89 Å². The Labute approximate surface area is 181 Å². The van der Waals surface area contributed by atoms with Crippen LogP contribution in [0.15, 0.2) is 48.5 Å². The van der Waals surface area contributed by atoms with E-state index in [1.165, 1.54) is 0 Å². The zero-order valence-corrected chi connectivity index (χ0v) is 17.7. The number of anilines is 1. The van der Waals surface area contributed by atoms with E-state index in [2.05, 4.69) is 25.8 Å². The van der Waals surface area contributed by atoms with Crippen molar-refractivity contribution >= 4 is 17.6 Å². The molecule has 4 rings (SSSR count). The minimum Gasteiger partial charge on any atom is -0.339 e. The molecule has 0 radical (unpaired) electrons. The van der Waals surface area contributed by atoms with Gasteiger partial charge in [0.15, 0.2) is 5.82 Å². The van der Waals surface area contributed by atoms with E-state index >= 15 is 0 Å². The van der Waals surface area contributed by atoms with Crippen molar-refractivity contribution in [3.8, 4) is 0 Å². The predicted octanol–water partition coefficient (Wildman–Crippen LogP) is 3.57. The van der Waals surface area contributed by atoms with Gasteiger partial charge < -0.3 is 15.5 Å². The first-order valence-electron chi connectivity index (χ1n) is 10.4. The molecule has 0 spiro atoms. The summed E-state index contributed by atoms with van der Waals surface area (Å²) in [6, 6.07) is 14.0. The van der Waals surface area contributed by atoms with Gasteiger partial charge in [-0.05, 0) is 43.9 Å². The van der Waals surface area contributed by atoms with Crippen LogP contribution >= 0.6 is 0 Å². The lowest BCUT2D eigenvalue weighted by atomic mass is 10.1. The van der Waals surface area contributed by atoms with E-state index < -0.39 is 12.1 Å². The minimum absolute atomic E-state index is 0.0549. The molecular weight excluding hydrogens is 392 g/mol. The summed E-state index contributed by atoms with van der Waals surface area (Å²) in [5.74, 6) is 1.08. The standard InChI is InChI=1S/C23H26N6O2/c1-15-9-8-12-18(22(30)29-13-6-7-14-29)19(15)25-23(31)26-20(17-10-4-3-5-11-17)21-24-16(2)27-28-21/h3-5,8-12,20H,6-7,13-14H2,1-2H3,(H,24,27,28)(H2,25,26,31). The average Bonchev–Trinajstić information content (AvgIpc) is 3.46. The average molecular weight is 419 g/mol. The van der Waals surface area contributed by atoms with Crippen LogP contribution in [0, 0.1) is 13.8 Å². The molecule has 3 N–H and O–H groups in total. The second-order valence-electron chi connectivity index (χ2n) is 7.72. The summed E-state index contributed by atoms with van der Waals surface area (Å²) in [5.41, 5.74) is 2.71. The van der Waals surface area contributed by atoms with Crippen LogP contribution in [-0.4, -0.2) is 45.1 Å². The molecule has 2 aromatic carbocycles. The third kappa shape index (κ3) is 4.58. The van der Waals surface area contributed by atoms with Crippen molar-refractivity contribution in [2.75, 3.05) is 18.4 Å². The molecule has 0 saturated carbocycles. The maximum Gasteiger partial charge on any atom is 0.320 e. The summed E-state index contributed by atoms with van der Waals surface area (Å²) in [6.45, 7) is 5.18. The van der Waals surface area contributed by atoms with Crippen molar-refractivity contribution in [2.45, 2.75) is 32.7 Å². The van der Waals surface area contributed by atoms with Crippen LogP contribution in [0.1, 0.15) is 52.0 Å². The molecule has 160 valence electrons. The maximum atomic E-state index is 13.0. The Bertz CT molecular complexity index is 1070. The second-order valence-corrected chi connectivity index (χ2v) is 7.72. The molecule has 1 aliphatic rings. The zero-order chi connectivity index (χ0) is 21.8. The van der Waals surface area contributed by atoms with Crippen molar-refractivity contribution in [3.05, 3.63) is 76.9 Å². The van der Waals surface area contributed by atoms with E-state index in [4.69, 9.17) is 0 Å². The Morgan fingerprint density at radius 2 is 1.77 bits per heavy atom. The number of carbonyl (C=O) groups excluding carboxylic acids is 2. The largest absolute Gasteiger partial charge is 0.339 e. The van der Waals surface area contributed by atoms with Gasteiger partial charge in [-0.25, -0.2) is 9.78 Å². The Morgan fingerprint density at radius 1 is 1.03 bits per heavy atom. The molecule has 31 heavy (non-hydrogen) atoms. The SMILES string of the molecule is Cc1nc(C(NC(=O)Nc2c(C)cccc2C(=O)N2CCCC2)c2ccccc2)n[nH]1. The number of rotatable bonds is 5. The molecule has 3 aromatic rings. The monoisotopic (exact) mass is 418 g/mol. The fourth-order valence-electron chi connectivity index (χ4n) is 3.81. The fourth-order valence-corrected chi connectivity index (χ4v) is 3.81. The normalized spacial score (nSPS) is 14.3. The topological polar surface area (TPSA) is 103 Å². The molecule has 1 aliphatic heterocycles. The smallest absolute Gasteiger partial charge is 0.320 e. The first-order valence-corrected chi connectivity index (χ1v) is 10.4.